The van der Waals surface area contributed by atoms with Crippen molar-refractivity contribution in [3.05, 3.63) is 60.2 Å². The molecule has 0 radical (unpaired) electrons. The summed E-state index contributed by atoms with van der Waals surface area (Å²) in [6.07, 6.45) is 5.35. The largest absolute Gasteiger partial charge is 0.497 e. The Bertz CT molecular complexity index is 773. The molecular formula is C20H22N2O3S. The van der Waals surface area contributed by atoms with Gasteiger partial charge in [-0.15, -0.1) is 11.8 Å². The van der Waals surface area contributed by atoms with Crippen molar-refractivity contribution in [3.8, 4) is 5.75 Å². The number of thioether (sulfide) groups is 1. The third kappa shape index (κ3) is 6.64. The second kappa shape index (κ2) is 10.3. The molecule has 2 N–H and O–H groups in total. The van der Waals surface area contributed by atoms with E-state index in [9.17, 15) is 9.59 Å². The Labute approximate surface area is 157 Å². The van der Waals surface area contributed by atoms with Crippen LogP contribution >= 0.6 is 11.8 Å². The first-order valence-electron chi connectivity index (χ1n) is 8.14. The van der Waals surface area contributed by atoms with Crippen LogP contribution in [0.1, 0.15) is 12.0 Å². The summed E-state index contributed by atoms with van der Waals surface area (Å²) in [5.41, 5.74) is 1.65. The molecule has 2 aromatic rings. The second-order valence-corrected chi connectivity index (χ2v) is 6.31. The van der Waals surface area contributed by atoms with Crippen molar-refractivity contribution >= 4 is 35.3 Å². The van der Waals surface area contributed by atoms with Crippen LogP contribution in [0.4, 0.5) is 5.69 Å². The maximum absolute atomic E-state index is 11.9. The van der Waals surface area contributed by atoms with Gasteiger partial charge in [-0.3, -0.25) is 9.59 Å². The molecule has 0 heterocycles. The fourth-order valence-electron chi connectivity index (χ4n) is 2.17. The molecule has 0 aromatic heterocycles. The summed E-state index contributed by atoms with van der Waals surface area (Å²) in [7, 11) is 1.61. The molecule has 0 aliphatic heterocycles. The molecule has 0 atom stereocenters. The quantitative estimate of drug-likeness (QED) is 0.551. The van der Waals surface area contributed by atoms with Gasteiger partial charge in [0.05, 0.1) is 7.11 Å². The van der Waals surface area contributed by atoms with E-state index < -0.39 is 0 Å². The van der Waals surface area contributed by atoms with Gasteiger partial charge in [0.1, 0.15) is 5.75 Å². The van der Waals surface area contributed by atoms with Crippen molar-refractivity contribution in [2.45, 2.75) is 11.3 Å². The zero-order chi connectivity index (χ0) is 18.8. The van der Waals surface area contributed by atoms with Crippen LogP contribution in [-0.4, -0.2) is 31.7 Å². The van der Waals surface area contributed by atoms with Crippen molar-refractivity contribution in [2.24, 2.45) is 0 Å². The minimum absolute atomic E-state index is 0.136. The molecule has 0 bridgehead atoms. The second-order valence-electron chi connectivity index (χ2n) is 5.43. The van der Waals surface area contributed by atoms with Crippen molar-refractivity contribution in [1.29, 1.82) is 0 Å². The van der Waals surface area contributed by atoms with Crippen molar-refractivity contribution in [1.82, 2.24) is 5.32 Å². The van der Waals surface area contributed by atoms with Gasteiger partial charge in [0.15, 0.2) is 0 Å². The molecule has 26 heavy (non-hydrogen) atoms. The van der Waals surface area contributed by atoms with E-state index in [1.807, 2.05) is 54.8 Å². The minimum atomic E-state index is -0.238. The van der Waals surface area contributed by atoms with Gasteiger partial charge in [-0.05, 0) is 48.2 Å². The number of carbonyl (C=O) groups excluding carboxylic acids is 2. The van der Waals surface area contributed by atoms with Crippen LogP contribution in [0, 0.1) is 0 Å². The molecule has 0 fully saturated rings. The smallest absolute Gasteiger partial charge is 0.244 e. The molecule has 6 heteroatoms. The molecule has 0 saturated heterocycles. The average molecular weight is 370 g/mol. The molecule has 0 saturated carbocycles. The summed E-state index contributed by atoms with van der Waals surface area (Å²) in [4.78, 5) is 24.8. The first kappa shape index (κ1) is 19.6. The van der Waals surface area contributed by atoms with E-state index in [1.165, 1.54) is 6.08 Å². The zero-order valence-corrected chi connectivity index (χ0v) is 15.6. The molecule has 2 amide bonds. The molecular weight excluding hydrogens is 348 g/mol. The van der Waals surface area contributed by atoms with Crippen molar-refractivity contribution in [2.75, 3.05) is 25.2 Å². The number of benzene rings is 2. The van der Waals surface area contributed by atoms with E-state index in [4.69, 9.17) is 4.74 Å². The van der Waals surface area contributed by atoms with Crippen LogP contribution in [0.25, 0.3) is 6.08 Å². The van der Waals surface area contributed by atoms with Crippen LogP contribution in [0.2, 0.25) is 0 Å². The molecule has 0 aliphatic carbocycles. The molecule has 5 nitrogen and oxygen atoms in total. The van der Waals surface area contributed by atoms with E-state index in [0.29, 0.717) is 0 Å². The molecule has 0 aliphatic rings. The Morgan fingerprint density at radius 3 is 2.62 bits per heavy atom. The van der Waals surface area contributed by atoms with Gasteiger partial charge in [0, 0.05) is 29.6 Å². The molecule has 0 spiro atoms. The average Bonchev–Trinajstić information content (AvgIpc) is 2.67. The monoisotopic (exact) mass is 370 g/mol. The Balaban J connectivity index is 1.73. The Morgan fingerprint density at radius 2 is 1.92 bits per heavy atom. The third-order valence-corrected chi connectivity index (χ3v) is 4.27. The minimum Gasteiger partial charge on any atom is -0.497 e. The highest BCUT2D eigenvalue weighted by atomic mass is 32.2. The third-order valence-electron chi connectivity index (χ3n) is 3.55. The van der Waals surface area contributed by atoms with Crippen LogP contribution < -0.4 is 15.4 Å². The summed E-state index contributed by atoms with van der Waals surface area (Å²) < 4.78 is 5.08. The van der Waals surface area contributed by atoms with E-state index >= 15 is 0 Å². The molecule has 2 rings (SSSR count). The lowest BCUT2D eigenvalue weighted by molar-refractivity contribution is -0.117. The van der Waals surface area contributed by atoms with Gasteiger partial charge in [-0.25, -0.2) is 0 Å². The summed E-state index contributed by atoms with van der Waals surface area (Å²) in [6, 6.07) is 15.0. The van der Waals surface area contributed by atoms with Gasteiger partial charge in [0.2, 0.25) is 11.8 Å². The fourth-order valence-corrected chi connectivity index (χ4v) is 2.63. The van der Waals surface area contributed by atoms with Gasteiger partial charge in [0.25, 0.3) is 0 Å². The number of hydrogen-bond acceptors (Lipinski definition) is 4. The number of anilines is 1. The molecule has 0 unspecified atom stereocenters. The normalized spacial score (nSPS) is 10.5. The van der Waals surface area contributed by atoms with Crippen molar-refractivity contribution in [3.63, 3.8) is 0 Å². The van der Waals surface area contributed by atoms with E-state index in [-0.39, 0.29) is 24.8 Å². The molecule has 2 aromatic carbocycles. The van der Waals surface area contributed by atoms with Crippen molar-refractivity contribution < 1.29 is 14.3 Å². The summed E-state index contributed by atoms with van der Waals surface area (Å²) in [5, 5.41) is 5.52. The lowest BCUT2D eigenvalue weighted by Gasteiger charge is -2.07. The number of hydrogen-bond donors (Lipinski definition) is 2. The SMILES string of the molecule is COc1ccc(/C=C/C(=O)NCCC(=O)Nc2cccc(SC)c2)cc1. The predicted molar refractivity (Wildman–Crippen MR) is 107 cm³/mol. The Morgan fingerprint density at radius 1 is 1.15 bits per heavy atom. The van der Waals surface area contributed by atoms with Gasteiger partial charge in [-0.2, -0.15) is 0 Å². The highest BCUT2D eigenvalue weighted by Crippen LogP contribution is 2.19. The summed E-state index contributed by atoms with van der Waals surface area (Å²) >= 11 is 1.61. The lowest BCUT2D eigenvalue weighted by Crippen LogP contribution is -2.26. The number of ether oxygens (including phenoxy) is 1. The zero-order valence-electron chi connectivity index (χ0n) is 14.8. The Kier molecular flexibility index (Phi) is 7.76. The number of nitrogens with one attached hydrogen (secondary N) is 2. The molecule has 136 valence electrons. The van der Waals surface area contributed by atoms with Crippen LogP contribution in [0.3, 0.4) is 0 Å². The summed E-state index contributed by atoms with van der Waals surface area (Å²) in [6.45, 7) is 0.278. The number of carbonyl (C=O) groups is 2. The fraction of sp³-hybridized carbons (Fsp3) is 0.200. The van der Waals surface area contributed by atoms with Gasteiger partial charge < -0.3 is 15.4 Å². The highest BCUT2D eigenvalue weighted by molar-refractivity contribution is 7.98. The van der Waals surface area contributed by atoms with Gasteiger partial charge >= 0.3 is 0 Å². The number of amides is 2. The maximum Gasteiger partial charge on any atom is 0.244 e. The van der Waals surface area contributed by atoms with E-state index in [2.05, 4.69) is 10.6 Å². The first-order chi connectivity index (χ1) is 12.6. The number of methoxy groups -OCH3 is 1. The lowest BCUT2D eigenvalue weighted by atomic mass is 10.2. The van der Waals surface area contributed by atoms with Crippen LogP contribution in [0.5, 0.6) is 5.75 Å². The summed E-state index contributed by atoms with van der Waals surface area (Å²) in [5.74, 6) is 0.390. The topological polar surface area (TPSA) is 67.4 Å². The number of rotatable bonds is 8. The maximum atomic E-state index is 11.9. The van der Waals surface area contributed by atoms with Gasteiger partial charge in [-0.1, -0.05) is 18.2 Å². The standard InChI is InChI=1S/C20H22N2O3S/c1-25-17-9-6-15(7-10-17)8-11-19(23)21-13-12-20(24)22-16-4-3-5-18(14-16)26-2/h3-11,14H,12-13H2,1-2H3,(H,21,23)(H,22,24)/b11-8+. The van der Waals surface area contributed by atoms with Crippen LogP contribution in [0.15, 0.2) is 59.5 Å². The van der Waals surface area contributed by atoms with E-state index in [1.54, 1.807) is 24.9 Å². The predicted octanol–water partition coefficient (Wildman–Crippen LogP) is 3.58. The first-order valence-corrected chi connectivity index (χ1v) is 9.37. The van der Waals surface area contributed by atoms with Crippen LogP contribution in [-0.2, 0) is 9.59 Å². The highest BCUT2D eigenvalue weighted by Gasteiger charge is 2.04. The van der Waals surface area contributed by atoms with E-state index in [0.717, 1.165) is 21.9 Å². The Hall–Kier alpha value is -2.73.